The lowest BCUT2D eigenvalue weighted by molar-refractivity contribution is -0.169. The lowest BCUT2D eigenvalue weighted by atomic mass is 9.71. The molecule has 0 unspecified atom stereocenters. The van der Waals surface area contributed by atoms with Gasteiger partial charge in [0, 0.05) is 6.54 Å². The fourth-order valence-electron chi connectivity index (χ4n) is 7.06. The fraction of sp³-hybridized carbons (Fsp3) is 0.714. The second-order valence-corrected chi connectivity index (χ2v) is 10.5. The van der Waals surface area contributed by atoms with Gasteiger partial charge in [0.25, 0.3) is 0 Å². The third kappa shape index (κ3) is 4.70. The average Bonchev–Trinajstić information content (AvgIpc) is 3.44. The van der Waals surface area contributed by atoms with E-state index in [-0.39, 0.29) is 17.7 Å². The molecule has 0 bridgehead atoms. The molecule has 0 radical (unpaired) electrons. The predicted molar refractivity (Wildman–Crippen MR) is 133 cm³/mol. The zero-order chi connectivity index (χ0) is 25.0. The van der Waals surface area contributed by atoms with Gasteiger partial charge in [0.2, 0.25) is 11.7 Å². The SMILES string of the molecule is COc1cc([C@@H](C(=O)N2CCCC[C@@]2(C(=O)O)C2CCCC2)C2CCCCC2)cc(OC)c1OC. The number of methoxy groups -OCH3 is 3. The molecule has 7 heteroatoms. The molecule has 194 valence electrons. The third-order valence-corrected chi connectivity index (χ3v) is 8.77. The van der Waals surface area contributed by atoms with E-state index in [2.05, 4.69) is 0 Å². The van der Waals surface area contributed by atoms with E-state index >= 15 is 0 Å². The number of nitrogens with zero attached hydrogens (tertiary/aromatic N) is 1. The molecule has 7 nitrogen and oxygen atoms in total. The minimum absolute atomic E-state index is 0.0243. The van der Waals surface area contributed by atoms with E-state index in [4.69, 9.17) is 14.2 Å². The molecule has 2 atom stereocenters. The molecule has 0 spiro atoms. The van der Waals surface area contributed by atoms with Crippen LogP contribution in [0.1, 0.15) is 88.5 Å². The zero-order valence-electron chi connectivity index (χ0n) is 21.5. The van der Waals surface area contributed by atoms with E-state index in [9.17, 15) is 14.7 Å². The number of carbonyl (C=O) groups excluding carboxylic acids is 1. The van der Waals surface area contributed by atoms with Crippen LogP contribution in [0.5, 0.6) is 17.2 Å². The normalized spacial score (nSPS) is 24.7. The van der Waals surface area contributed by atoms with Gasteiger partial charge in [-0.2, -0.15) is 0 Å². The van der Waals surface area contributed by atoms with Crippen molar-refractivity contribution in [3.8, 4) is 17.2 Å². The topological polar surface area (TPSA) is 85.3 Å². The highest BCUT2D eigenvalue weighted by Crippen LogP contribution is 2.48. The van der Waals surface area contributed by atoms with Crippen molar-refractivity contribution in [3.63, 3.8) is 0 Å². The Labute approximate surface area is 209 Å². The largest absolute Gasteiger partial charge is 0.493 e. The maximum Gasteiger partial charge on any atom is 0.329 e. The van der Waals surface area contributed by atoms with Gasteiger partial charge < -0.3 is 24.2 Å². The molecule has 35 heavy (non-hydrogen) atoms. The average molecular weight is 488 g/mol. The van der Waals surface area contributed by atoms with E-state index in [1.165, 1.54) is 6.42 Å². The van der Waals surface area contributed by atoms with Crippen molar-refractivity contribution in [2.24, 2.45) is 11.8 Å². The first-order valence-corrected chi connectivity index (χ1v) is 13.3. The van der Waals surface area contributed by atoms with Crippen molar-refractivity contribution in [2.75, 3.05) is 27.9 Å². The fourth-order valence-corrected chi connectivity index (χ4v) is 7.06. The van der Waals surface area contributed by atoms with Gasteiger partial charge in [-0.3, -0.25) is 4.79 Å². The molecule has 0 aromatic heterocycles. The number of rotatable bonds is 8. The first-order valence-electron chi connectivity index (χ1n) is 13.3. The minimum atomic E-state index is -1.10. The van der Waals surface area contributed by atoms with E-state index < -0.39 is 17.4 Å². The molecule has 3 fully saturated rings. The molecule has 1 aliphatic heterocycles. The summed E-state index contributed by atoms with van der Waals surface area (Å²) in [6.07, 6.45) is 11.4. The van der Waals surface area contributed by atoms with Gasteiger partial charge in [0.15, 0.2) is 11.5 Å². The number of piperidine rings is 1. The number of likely N-dealkylation sites (tertiary alicyclic amines) is 1. The van der Waals surface area contributed by atoms with E-state index in [0.717, 1.165) is 69.8 Å². The van der Waals surface area contributed by atoms with Crippen LogP contribution in [-0.2, 0) is 9.59 Å². The molecular formula is C28H41NO6. The molecule has 1 amide bonds. The number of carboxylic acid groups (broad SMARTS) is 1. The van der Waals surface area contributed by atoms with Crippen molar-refractivity contribution in [1.29, 1.82) is 0 Å². The Bertz CT molecular complexity index is 880. The molecule has 1 N–H and O–H groups in total. The summed E-state index contributed by atoms with van der Waals surface area (Å²) in [5.41, 5.74) is -0.271. The smallest absolute Gasteiger partial charge is 0.329 e. The number of aliphatic carboxylic acids is 1. The monoisotopic (exact) mass is 487 g/mol. The quantitative estimate of drug-likeness (QED) is 0.528. The van der Waals surface area contributed by atoms with E-state index in [1.807, 2.05) is 12.1 Å². The van der Waals surface area contributed by atoms with Gasteiger partial charge in [-0.15, -0.1) is 0 Å². The molecule has 1 heterocycles. The first-order chi connectivity index (χ1) is 17.0. The predicted octanol–water partition coefficient (Wildman–Crippen LogP) is 5.40. The van der Waals surface area contributed by atoms with Crippen molar-refractivity contribution >= 4 is 11.9 Å². The molecule has 2 saturated carbocycles. The Kier molecular flexibility index (Phi) is 8.12. The van der Waals surface area contributed by atoms with Gasteiger partial charge in [0.1, 0.15) is 5.54 Å². The number of hydrogen-bond acceptors (Lipinski definition) is 5. The molecule has 1 aromatic rings. The van der Waals surface area contributed by atoms with Crippen LogP contribution < -0.4 is 14.2 Å². The molecule has 1 aromatic carbocycles. The van der Waals surface area contributed by atoms with Crippen molar-refractivity contribution in [1.82, 2.24) is 4.90 Å². The molecular weight excluding hydrogens is 446 g/mol. The number of hydrogen-bond donors (Lipinski definition) is 1. The first kappa shape index (κ1) is 25.6. The van der Waals surface area contributed by atoms with E-state index in [1.54, 1.807) is 26.2 Å². The zero-order valence-corrected chi connectivity index (χ0v) is 21.5. The van der Waals surface area contributed by atoms with Crippen molar-refractivity contribution in [2.45, 2.75) is 88.5 Å². The second kappa shape index (κ2) is 11.1. The summed E-state index contributed by atoms with van der Waals surface area (Å²) in [4.78, 5) is 29.3. The van der Waals surface area contributed by atoms with Crippen molar-refractivity contribution in [3.05, 3.63) is 17.7 Å². The maximum absolute atomic E-state index is 14.6. The van der Waals surface area contributed by atoms with Crippen LogP contribution >= 0.6 is 0 Å². The molecule has 2 aliphatic carbocycles. The highest BCUT2D eigenvalue weighted by atomic mass is 16.5. The summed E-state index contributed by atoms with van der Waals surface area (Å²) in [6.45, 7) is 0.509. The molecule has 4 rings (SSSR count). The van der Waals surface area contributed by atoms with Crippen LogP contribution in [0.4, 0.5) is 0 Å². The Morgan fingerprint density at radius 3 is 2.03 bits per heavy atom. The Morgan fingerprint density at radius 2 is 1.49 bits per heavy atom. The van der Waals surface area contributed by atoms with Gasteiger partial charge in [-0.25, -0.2) is 4.79 Å². The Morgan fingerprint density at radius 1 is 0.886 bits per heavy atom. The number of benzene rings is 1. The summed E-state index contributed by atoms with van der Waals surface area (Å²) >= 11 is 0. The second-order valence-electron chi connectivity index (χ2n) is 10.5. The lowest BCUT2D eigenvalue weighted by Crippen LogP contribution is -2.64. The lowest BCUT2D eigenvalue weighted by Gasteiger charge is -2.49. The van der Waals surface area contributed by atoms with Gasteiger partial charge in [0.05, 0.1) is 27.2 Å². The Hall–Kier alpha value is -2.44. The van der Waals surface area contributed by atoms with Crippen LogP contribution in [-0.4, -0.2) is 55.3 Å². The summed E-state index contributed by atoms with van der Waals surface area (Å²) in [5, 5.41) is 10.6. The number of amides is 1. The number of carboxylic acids is 1. The summed E-state index contributed by atoms with van der Waals surface area (Å²) in [7, 11) is 4.73. The Balaban J connectivity index is 1.81. The summed E-state index contributed by atoms with van der Waals surface area (Å²) < 4.78 is 16.8. The summed E-state index contributed by atoms with van der Waals surface area (Å²) in [5.74, 6) is 0.431. The van der Waals surface area contributed by atoms with Crippen LogP contribution in [0.25, 0.3) is 0 Å². The highest BCUT2D eigenvalue weighted by Gasteiger charge is 2.55. The van der Waals surface area contributed by atoms with Crippen LogP contribution in [0, 0.1) is 11.8 Å². The van der Waals surface area contributed by atoms with Gasteiger partial charge >= 0.3 is 5.97 Å². The molecule has 1 saturated heterocycles. The standard InChI is InChI=1S/C28H41NO6/c1-33-22-17-20(18-23(34-2)25(22)35-3)24(19-11-5-4-6-12-19)26(30)29-16-10-9-15-28(29,27(31)32)21-13-7-8-14-21/h17-19,21,24H,4-16H2,1-3H3,(H,31,32)/t24-,28-/m0/s1. The van der Waals surface area contributed by atoms with Gasteiger partial charge in [-0.1, -0.05) is 32.1 Å². The van der Waals surface area contributed by atoms with Crippen molar-refractivity contribution < 1.29 is 28.9 Å². The van der Waals surface area contributed by atoms with Gasteiger partial charge in [-0.05, 0) is 74.5 Å². The highest BCUT2D eigenvalue weighted by molar-refractivity contribution is 5.91. The van der Waals surface area contributed by atoms with E-state index in [0.29, 0.717) is 30.2 Å². The molecule has 3 aliphatic rings. The van der Waals surface area contributed by atoms with Crippen LogP contribution in [0.15, 0.2) is 12.1 Å². The van der Waals surface area contributed by atoms with Crippen LogP contribution in [0.2, 0.25) is 0 Å². The summed E-state index contributed by atoms with van der Waals surface area (Å²) in [6, 6.07) is 3.78. The number of carbonyl (C=O) groups is 2. The van der Waals surface area contributed by atoms with Crippen LogP contribution in [0.3, 0.4) is 0 Å². The minimum Gasteiger partial charge on any atom is -0.493 e. The number of ether oxygens (including phenoxy) is 3. The maximum atomic E-state index is 14.6. The third-order valence-electron chi connectivity index (χ3n) is 8.77.